The molecule has 0 aliphatic rings. The smallest absolute Gasteiger partial charge is 0.250 e. The quantitative estimate of drug-likeness (QED) is 0.234. The summed E-state index contributed by atoms with van der Waals surface area (Å²) in [6.07, 6.45) is 1.01. The summed E-state index contributed by atoms with van der Waals surface area (Å²) in [6, 6.07) is 7.45. The van der Waals surface area contributed by atoms with E-state index < -0.39 is 14.6 Å². The highest BCUT2D eigenvalue weighted by molar-refractivity contribution is 6.74. The molecule has 5 nitrogen and oxygen atoms in total. The topological polar surface area (TPSA) is 48.0 Å². The number of carbonyl (C=O) groups excluding carboxylic acids is 1. The number of para-hydroxylation sites is 1. The summed E-state index contributed by atoms with van der Waals surface area (Å²) in [4.78, 5) is 15.0. The van der Waals surface area contributed by atoms with E-state index in [4.69, 9.17) is 13.9 Å². The minimum absolute atomic E-state index is 0.0445. The van der Waals surface area contributed by atoms with Crippen molar-refractivity contribution in [1.82, 2.24) is 4.90 Å². The van der Waals surface area contributed by atoms with Crippen LogP contribution in [0.3, 0.4) is 0 Å². The first-order chi connectivity index (χ1) is 12.9. The van der Waals surface area contributed by atoms with E-state index in [0.717, 1.165) is 0 Å². The Bertz CT molecular complexity index is 671. The molecule has 0 aliphatic carbocycles. The fourth-order valence-electron chi connectivity index (χ4n) is 2.33. The largest absolute Gasteiger partial charge is 0.543 e. The number of ketones is 1. The molecule has 0 aliphatic heterocycles. The summed E-state index contributed by atoms with van der Waals surface area (Å²) >= 11 is 0. The first-order valence-electron chi connectivity index (χ1n) is 9.89. The first-order valence-corrected chi connectivity index (χ1v) is 12.8. The number of benzene rings is 1. The van der Waals surface area contributed by atoms with Crippen LogP contribution in [0.15, 0.2) is 36.0 Å². The molecule has 0 fully saturated rings. The van der Waals surface area contributed by atoms with E-state index in [1.165, 1.54) is 0 Å². The van der Waals surface area contributed by atoms with Gasteiger partial charge in [0.15, 0.2) is 12.1 Å². The second kappa shape index (κ2) is 10.2. The van der Waals surface area contributed by atoms with E-state index >= 15 is 0 Å². The molecule has 0 aromatic heterocycles. The zero-order valence-electron chi connectivity index (χ0n) is 19.0. The molecule has 0 heterocycles. The molecule has 1 aromatic rings. The van der Waals surface area contributed by atoms with Gasteiger partial charge in [-0.1, -0.05) is 32.9 Å². The van der Waals surface area contributed by atoms with Crippen molar-refractivity contribution in [1.29, 1.82) is 0 Å². The van der Waals surface area contributed by atoms with Gasteiger partial charge in [0, 0.05) is 33.4 Å². The van der Waals surface area contributed by atoms with E-state index in [1.807, 2.05) is 57.1 Å². The van der Waals surface area contributed by atoms with Crippen LogP contribution in [0.5, 0.6) is 5.75 Å². The fourth-order valence-corrected chi connectivity index (χ4v) is 3.36. The third-order valence-electron chi connectivity index (χ3n) is 5.00. The second-order valence-electron chi connectivity index (χ2n) is 8.43. The second-order valence-corrected chi connectivity index (χ2v) is 13.2. The number of nitrogens with zero attached hydrogens (tertiary/aromatic N) is 1. The van der Waals surface area contributed by atoms with E-state index in [2.05, 4.69) is 33.9 Å². The Morgan fingerprint density at radius 3 is 2.11 bits per heavy atom. The summed E-state index contributed by atoms with van der Waals surface area (Å²) < 4.78 is 17.8. The van der Waals surface area contributed by atoms with Gasteiger partial charge in [0.2, 0.25) is 0 Å². The molecule has 0 bridgehead atoms. The normalized spacial score (nSPS) is 13.0. The SMILES string of the molecule is CCOC(OCC)/C(=C/C(=O)c1ccccc1O[Si](C)(C)C(C)(C)C)N(C)C. The van der Waals surface area contributed by atoms with Gasteiger partial charge < -0.3 is 18.8 Å². The number of likely N-dealkylation sites (N-methyl/N-ethyl adjacent to an activating group) is 1. The van der Waals surface area contributed by atoms with Gasteiger partial charge in [-0.25, -0.2) is 0 Å². The summed E-state index contributed by atoms with van der Waals surface area (Å²) in [5.41, 5.74) is 1.23. The summed E-state index contributed by atoms with van der Waals surface area (Å²) in [7, 11) is 1.69. The Balaban J connectivity index is 3.29. The molecule has 158 valence electrons. The van der Waals surface area contributed by atoms with Gasteiger partial charge in [-0.2, -0.15) is 0 Å². The molecule has 0 N–H and O–H groups in total. The Labute approximate surface area is 171 Å². The number of rotatable bonds is 10. The molecular weight excluding hydrogens is 370 g/mol. The average Bonchev–Trinajstić information content (AvgIpc) is 2.58. The van der Waals surface area contributed by atoms with Crippen molar-refractivity contribution in [2.75, 3.05) is 27.3 Å². The zero-order valence-corrected chi connectivity index (χ0v) is 20.0. The fraction of sp³-hybridized carbons (Fsp3) is 0.591. The number of hydrogen-bond acceptors (Lipinski definition) is 5. The lowest BCUT2D eigenvalue weighted by atomic mass is 10.1. The highest BCUT2D eigenvalue weighted by Gasteiger charge is 2.39. The predicted molar refractivity (Wildman–Crippen MR) is 117 cm³/mol. The Hall–Kier alpha value is -1.63. The number of carbonyl (C=O) groups is 1. The highest BCUT2D eigenvalue weighted by Crippen LogP contribution is 2.38. The molecule has 0 saturated carbocycles. The van der Waals surface area contributed by atoms with Crippen molar-refractivity contribution in [2.45, 2.75) is 59.0 Å². The van der Waals surface area contributed by atoms with Gasteiger partial charge in [0.1, 0.15) is 5.75 Å². The van der Waals surface area contributed by atoms with Crippen molar-refractivity contribution in [3.8, 4) is 5.75 Å². The third-order valence-corrected chi connectivity index (χ3v) is 9.34. The van der Waals surface area contributed by atoms with Crippen LogP contribution >= 0.6 is 0 Å². The Kier molecular flexibility index (Phi) is 8.92. The number of allylic oxidation sites excluding steroid dienone is 1. The third kappa shape index (κ3) is 6.46. The monoisotopic (exact) mass is 407 g/mol. The standard InChI is InChI=1S/C22H37NO4Si/c1-10-25-21(26-11-2)18(23(6)7)16-19(24)17-14-12-13-15-20(17)27-28(8,9)22(3,4)5/h12-16,21H,10-11H2,1-9H3/b18-16-. The van der Waals surface area contributed by atoms with E-state index in [0.29, 0.717) is 30.2 Å². The van der Waals surface area contributed by atoms with Gasteiger partial charge in [-0.15, -0.1) is 0 Å². The molecule has 0 amide bonds. The maximum atomic E-state index is 13.2. The zero-order chi connectivity index (χ0) is 21.5. The van der Waals surface area contributed by atoms with E-state index in [9.17, 15) is 4.79 Å². The van der Waals surface area contributed by atoms with Gasteiger partial charge in [-0.3, -0.25) is 4.79 Å². The lowest BCUT2D eigenvalue weighted by molar-refractivity contribution is -0.121. The highest BCUT2D eigenvalue weighted by atomic mass is 28.4. The molecule has 28 heavy (non-hydrogen) atoms. The number of ether oxygens (including phenoxy) is 2. The van der Waals surface area contributed by atoms with Crippen LogP contribution in [0.4, 0.5) is 0 Å². The summed E-state index contributed by atoms with van der Waals surface area (Å²) in [5, 5.41) is 0.0445. The Morgan fingerprint density at radius 2 is 1.64 bits per heavy atom. The molecule has 0 spiro atoms. The predicted octanol–water partition coefficient (Wildman–Crippen LogP) is 5.10. The van der Waals surface area contributed by atoms with Crippen molar-refractivity contribution in [3.05, 3.63) is 41.6 Å². The lowest BCUT2D eigenvalue weighted by Crippen LogP contribution is -2.44. The molecule has 0 radical (unpaired) electrons. The van der Waals surface area contributed by atoms with Crippen LogP contribution in [0.2, 0.25) is 18.1 Å². The van der Waals surface area contributed by atoms with Crippen LogP contribution in [-0.4, -0.2) is 52.6 Å². The molecule has 1 aromatic carbocycles. The van der Waals surface area contributed by atoms with Gasteiger partial charge >= 0.3 is 0 Å². The van der Waals surface area contributed by atoms with Gasteiger partial charge in [0.25, 0.3) is 8.32 Å². The maximum absolute atomic E-state index is 13.2. The Morgan fingerprint density at radius 1 is 1.11 bits per heavy atom. The van der Waals surface area contributed by atoms with Crippen molar-refractivity contribution >= 4 is 14.1 Å². The molecular formula is C22H37NO4Si. The minimum Gasteiger partial charge on any atom is -0.543 e. The van der Waals surface area contributed by atoms with Gasteiger partial charge in [0.05, 0.1) is 11.3 Å². The van der Waals surface area contributed by atoms with Crippen molar-refractivity contribution in [2.24, 2.45) is 0 Å². The summed E-state index contributed by atoms with van der Waals surface area (Å²) in [6.45, 7) is 15.7. The van der Waals surface area contributed by atoms with Crippen LogP contribution < -0.4 is 4.43 Å². The van der Waals surface area contributed by atoms with Crippen LogP contribution in [-0.2, 0) is 9.47 Å². The van der Waals surface area contributed by atoms with Crippen LogP contribution in [0, 0.1) is 0 Å². The molecule has 0 unspecified atom stereocenters. The van der Waals surface area contributed by atoms with Crippen LogP contribution in [0.1, 0.15) is 45.0 Å². The molecule has 6 heteroatoms. The first kappa shape index (κ1) is 24.4. The molecule has 0 atom stereocenters. The molecule has 0 saturated heterocycles. The summed E-state index contributed by atoms with van der Waals surface area (Å²) in [5.74, 6) is 0.514. The van der Waals surface area contributed by atoms with Crippen molar-refractivity contribution in [3.63, 3.8) is 0 Å². The van der Waals surface area contributed by atoms with E-state index in [1.54, 1.807) is 6.08 Å². The van der Waals surface area contributed by atoms with Crippen molar-refractivity contribution < 1.29 is 18.7 Å². The van der Waals surface area contributed by atoms with Gasteiger partial charge in [-0.05, 0) is 44.1 Å². The number of hydrogen-bond donors (Lipinski definition) is 0. The average molecular weight is 408 g/mol. The maximum Gasteiger partial charge on any atom is 0.250 e. The lowest BCUT2D eigenvalue weighted by Gasteiger charge is -2.36. The van der Waals surface area contributed by atoms with E-state index in [-0.39, 0.29) is 10.8 Å². The molecule has 1 rings (SSSR count). The minimum atomic E-state index is -2.06. The van der Waals surface area contributed by atoms with Crippen LogP contribution in [0.25, 0.3) is 0 Å².